The van der Waals surface area contributed by atoms with Gasteiger partial charge in [-0.15, -0.1) is 0 Å². The predicted octanol–water partition coefficient (Wildman–Crippen LogP) is 11.5. The van der Waals surface area contributed by atoms with Gasteiger partial charge in [-0.3, -0.25) is 0 Å². The quantitative estimate of drug-likeness (QED) is 0.166. The van der Waals surface area contributed by atoms with E-state index in [1.54, 1.807) is 0 Å². The Labute approximate surface area is 280 Å². The van der Waals surface area contributed by atoms with Gasteiger partial charge in [-0.2, -0.15) is 4.58 Å². The van der Waals surface area contributed by atoms with Gasteiger partial charge in [-0.25, -0.2) is 0 Å². The first-order valence-electron chi connectivity index (χ1n) is 16.4. The Hall–Kier alpha value is -6.38. The highest BCUT2D eigenvalue weighted by Crippen LogP contribution is 2.36. The van der Waals surface area contributed by atoms with Crippen molar-refractivity contribution in [1.82, 2.24) is 0 Å². The largest absolute Gasteiger partial charge is 0.279 e. The Balaban J connectivity index is 1.25. The Morgan fingerprint density at radius 3 is 1.35 bits per heavy atom. The maximum absolute atomic E-state index is 5.20. The maximum Gasteiger partial charge on any atom is 0.279 e. The second-order valence-corrected chi connectivity index (χ2v) is 12.3. The fourth-order valence-corrected chi connectivity index (χ4v) is 6.75. The molecule has 1 heterocycles. The van der Waals surface area contributed by atoms with Crippen molar-refractivity contribution in [2.75, 3.05) is 0 Å². The number of aliphatic imine (C=N–C) groups is 1. The molecule has 0 amide bonds. The van der Waals surface area contributed by atoms with Crippen LogP contribution in [0.25, 0.3) is 54.9 Å². The summed E-state index contributed by atoms with van der Waals surface area (Å²) in [6, 6.07) is 67.3. The van der Waals surface area contributed by atoms with Crippen LogP contribution in [-0.2, 0) is 0 Å². The fourth-order valence-electron chi connectivity index (χ4n) is 6.75. The molecule has 8 aromatic rings. The van der Waals surface area contributed by atoms with E-state index in [1.807, 2.05) is 0 Å². The van der Waals surface area contributed by atoms with E-state index in [-0.39, 0.29) is 0 Å². The molecule has 2 heteroatoms. The van der Waals surface area contributed by atoms with Crippen LogP contribution >= 0.6 is 0 Å². The van der Waals surface area contributed by atoms with Crippen molar-refractivity contribution in [3.05, 3.63) is 199 Å². The standard InChI is InChI=1S/C46H31N2/c1-3-12-32(13-4-1)38-20-11-21-41(28-38)46-47-45(35-16-5-2-6-17-35)48(46)44-30-42(39-24-22-33-14-7-9-18-36(33)26-39)29-43(31-44)40-25-23-34-15-8-10-19-37(34)27-40/h1-31H/q+1. The summed E-state index contributed by atoms with van der Waals surface area (Å²) in [5, 5.41) is 4.94. The highest BCUT2D eigenvalue weighted by Gasteiger charge is 2.33. The molecule has 0 aromatic heterocycles. The van der Waals surface area contributed by atoms with Crippen LogP contribution in [-0.4, -0.2) is 16.2 Å². The molecule has 0 unspecified atom stereocenters. The summed E-state index contributed by atoms with van der Waals surface area (Å²) in [5.74, 6) is 1.88. The zero-order chi connectivity index (χ0) is 31.9. The zero-order valence-corrected chi connectivity index (χ0v) is 26.3. The number of hydrogen-bond acceptors (Lipinski definition) is 1. The number of hydrogen-bond donors (Lipinski definition) is 0. The highest BCUT2D eigenvalue weighted by atomic mass is 15.2. The molecule has 0 fully saturated rings. The van der Waals surface area contributed by atoms with E-state index in [0.29, 0.717) is 0 Å². The van der Waals surface area contributed by atoms with Crippen LogP contribution in [0.2, 0.25) is 0 Å². The van der Waals surface area contributed by atoms with Crippen LogP contribution < -0.4 is 0 Å². The van der Waals surface area contributed by atoms with E-state index in [0.717, 1.165) is 39.6 Å². The van der Waals surface area contributed by atoms with Crippen LogP contribution in [0.1, 0.15) is 11.1 Å². The second kappa shape index (κ2) is 11.8. The lowest BCUT2D eigenvalue weighted by Crippen LogP contribution is -2.34. The number of benzene rings is 8. The molecule has 8 aromatic carbocycles. The van der Waals surface area contributed by atoms with E-state index in [9.17, 15) is 0 Å². The van der Waals surface area contributed by atoms with Crippen molar-refractivity contribution in [3.8, 4) is 33.4 Å². The second-order valence-electron chi connectivity index (χ2n) is 12.3. The van der Waals surface area contributed by atoms with Crippen molar-refractivity contribution < 1.29 is 4.58 Å². The molecule has 0 N–H and O–H groups in total. The van der Waals surface area contributed by atoms with Crippen molar-refractivity contribution in [1.29, 1.82) is 0 Å². The summed E-state index contributed by atoms with van der Waals surface area (Å²) < 4.78 is 2.33. The first-order valence-corrected chi connectivity index (χ1v) is 16.4. The minimum atomic E-state index is 0.937. The van der Waals surface area contributed by atoms with Gasteiger partial charge in [-0.05, 0) is 110 Å². The summed E-state index contributed by atoms with van der Waals surface area (Å²) in [6.07, 6.45) is 0. The number of amidine groups is 2. The molecule has 0 spiro atoms. The van der Waals surface area contributed by atoms with Crippen LogP contribution in [0.3, 0.4) is 0 Å². The molecule has 0 saturated carbocycles. The van der Waals surface area contributed by atoms with Crippen molar-refractivity contribution in [2.24, 2.45) is 4.99 Å². The van der Waals surface area contributed by atoms with E-state index < -0.39 is 0 Å². The van der Waals surface area contributed by atoms with Gasteiger partial charge < -0.3 is 0 Å². The molecule has 0 aliphatic carbocycles. The first-order chi connectivity index (χ1) is 23.8. The fraction of sp³-hybridized carbons (Fsp3) is 0. The Bertz CT molecular complexity index is 2450. The summed E-state index contributed by atoms with van der Waals surface area (Å²) in [6.45, 7) is 0. The van der Waals surface area contributed by atoms with Crippen LogP contribution in [0.5, 0.6) is 0 Å². The summed E-state index contributed by atoms with van der Waals surface area (Å²) in [7, 11) is 0. The Morgan fingerprint density at radius 1 is 0.292 bits per heavy atom. The monoisotopic (exact) mass is 611 g/mol. The normalized spacial score (nSPS) is 12.6. The molecule has 224 valence electrons. The van der Waals surface area contributed by atoms with Gasteiger partial charge in [0.15, 0.2) is 0 Å². The van der Waals surface area contributed by atoms with E-state index in [1.165, 1.54) is 43.8 Å². The third-order valence-electron chi connectivity index (χ3n) is 9.24. The van der Waals surface area contributed by atoms with Gasteiger partial charge in [-0.1, -0.05) is 138 Å². The molecular formula is C46H31N2+. The first kappa shape index (κ1) is 27.9. The van der Waals surface area contributed by atoms with Gasteiger partial charge >= 0.3 is 0 Å². The minimum absolute atomic E-state index is 0.937. The van der Waals surface area contributed by atoms with Gasteiger partial charge in [0.05, 0.1) is 11.1 Å². The molecular weight excluding hydrogens is 581 g/mol. The molecule has 1 aliphatic heterocycles. The molecule has 0 bridgehead atoms. The molecule has 2 nitrogen and oxygen atoms in total. The van der Waals surface area contributed by atoms with Gasteiger partial charge in [0, 0.05) is 0 Å². The zero-order valence-electron chi connectivity index (χ0n) is 26.3. The third-order valence-corrected chi connectivity index (χ3v) is 9.24. The average Bonchev–Trinajstić information content (AvgIpc) is 3.15. The minimum Gasteiger partial charge on any atom is -0.192 e. The Morgan fingerprint density at radius 2 is 0.750 bits per heavy atom. The lowest BCUT2D eigenvalue weighted by Gasteiger charge is -2.21. The van der Waals surface area contributed by atoms with Gasteiger partial charge in [0.2, 0.25) is 0 Å². The third kappa shape index (κ3) is 5.10. The SMILES string of the molecule is c1ccc(C2=[N+](c3cc(-c4ccc5ccccc5c4)cc(-c4ccc5ccccc5c4)c3)C(c3cccc(-c4ccccc4)c3)=N2)cc1. The van der Waals surface area contributed by atoms with Crippen molar-refractivity contribution in [3.63, 3.8) is 0 Å². The number of nitrogens with zero attached hydrogens (tertiary/aromatic N) is 2. The predicted molar refractivity (Wildman–Crippen MR) is 201 cm³/mol. The van der Waals surface area contributed by atoms with Crippen LogP contribution in [0.15, 0.2) is 193 Å². The highest BCUT2D eigenvalue weighted by molar-refractivity contribution is 6.16. The molecule has 1 aliphatic rings. The van der Waals surface area contributed by atoms with Gasteiger partial charge in [0.1, 0.15) is 5.69 Å². The van der Waals surface area contributed by atoms with Gasteiger partial charge in [0.25, 0.3) is 11.7 Å². The number of rotatable bonds is 6. The summed E-state index contributed by atoms with van der Waals surface area (Å²) in [5.41, 5.74) is 10.3. The maximum atomic E-state index is 5.20. The molecule has 0 atom stereocenters. The smallest absolute Gasteiger partial charge is 0.192 e. The molecule has 48 heavy (non-hydrogen) atoms. The van der Waals surface area contributed by atoms with E-state index in [4.69, 9.17) is 4.99 Å². The average molecular weight is 612 g/mol. The lowest BCUT2D eigenvalue weighted by atomic mass is 9.94. The lowest BCUT2D eigenvalue weighted by molar-refractivity contribution is -0.319. The topological polar surface area (TPSA) is 15.4 Å². The molecule has 9 rings (SSSR count). The number of fused-ring (bicyclic) bond motifs is 2. The van der Waals surface area contributed by atoms with E-state index in [2.05, 4.69) is 193 Å². The van der Waals surface area contributed by atoms with Crippen LogP contribution in [0, 0.1) is 0 Å². The summed E-state index contributed by atoms with van der Waals surface area (Å²) >= 11 is 0. The van der Waals surface area contributed by atoms with E-state index >= 15 is 0 Å². The Kier molecular flexibility index (Phi) is 6.84. The van der Waals surface area contributed by atoms with Crippen molar-refractivity contribution >= 4 is 38.9 Å². The molecule has 0 radical (unpaired) electrons. The van der Waals surface area contributed by atoms with Crippen LogP contribution in [0.4, 0.5) is 5.69 Å². The summed E-state index contributed by atoms with van der Waals surface area (Å²) in [4.78, 5) is 5.20. The molecule has 0 saturated heterocycles. The van der Waals surface area contributed by atoms with Crippen molar-refractivity contribution in [2.45, 2.75) is 0 Å².